The summed E-state index contributed by atoms with van der Waals surface area (Å²) < 4.78 is 29.5. The highest BCUT2D eigenvalue weighted by Crippen LogP contribution is 2.15. The third-order valence-electron chi connectivity index (χ3n) is 3.64. The average molecular weight is 308 g/mol. The number of sulfone groups is 1. The minimum absolute atomic E-state index is 0.0695. The van der Waals surface area contributed by atoms with Crippen LogP contribution >= 0.6 is 0 Å². The molecule has 0 radical (unpaired) electrons. The molecule has 1 fully saturated rings. The van der Waals surface area contributed by atoms with Gasteiger partial charge in [-0.25, -0.2) is 8.42 Å². The molecule has 114 valence electrons. The van der Waals surface area contributed by atoms with Gasteiger partial charge in [0, 0.05) is 19.8 Å². The van der Waals surface area contributed by atoms with Crippen molar-refractivity contribution in [2.75, 3.05) is 32.1 Å². The van der Waals surface area contributed by atoms with E-state index in [1.54, 1.807) is 0 Å². The second-order valence-electron chi connectivity index (χ2n) is 5.22. The summed E-state index contributed by atoms with van der Waals surface area (Å²) in [6, 6.07) is 8.01. The minimum atomic E-state index is -3.28. The van der Waals surface area contributed by atoms with Crippen LogP contribution in [0.3, 0.4) is 0 Å². The Bertz CT molecular complexity index is 584. The second-order valence-corrected chi connectivity index (χ2v) is 7.33. The highest BCUT2D eigenvalue weighted by Gasteiger charge is 2.16. The summed E-state index contributed by atoms with van der Waals surface area (Å²) in [4.78, 5) is 0.271. The first-order valence-corrected chi connectivity index (χ1v) is 8.78. The maximum Gasteiger partial charge on any atom is 0.179 e. The maximum atomic E-state index is 12.1. The van der Waals surface area contributed by atoms with Crippen molar-refractivity contribution in [1.29, 1.82) is 5.26 Å². The van der Waals surface area contributed by atoms with E-state index in [1.165, 1.54) is 24.3 Å². The molecule has 1 heterocycles. The van der Waals surface area contributed by atoms with Gasteiger partial charge in [-0.05, 0) is 49.6 Å². The Morgan fingerprint density at radius 2 is 2.05 bits per heavy atom. The molecule has 1 aliphatic heterocycles. The summed E-state index contributed by atoms with van der Waals surface area (Å²) in [5.74, 6) is 0.674. The van der Waals surface area contributed by atoms with E-state index in [9.17, 15) is 8.42 Å². The van der Waals surface area contributed by atoms with Gasteiger partial charge in [0.1, 0.15) is 0 Å². The minimum Gasteiger partial charge on any atom is -0.381 e. The third kappa shape index (κ3) is 4.81. The van der Waals surface area contributed by atoms with Crippen molar-refractivity contribution in [3.63, 3.8) is 0 Å². The Morgan fingerprint density at radius 3 is 2.67 bits per heavy atom. The monoisotopic (exact) mass is 308 g/mol. The number of rotatable bonds is 7. The van der Waals surface area contributed by atoms with Crippen molar-refractivity contribution < 1.29 is 13.2 Å². The molecule has 0 aromatic heterocycles. The van der Waals surface area contributed by atoms with Gasteiger partial charge in [0.15, 0.2) is 9.84 Å². The van der Waals surface area contributed by atoms with E-state index in [2.05, 4.69) is 5.32 Å². The molecule has 1 aromatic carbocycles. The molecule has 1 atom stereocenters. The van der Waals surface area contributed by atoms with E-state index in [0.29, 0.717) is 18.0 Å². The summed E-state index contributed by atoms with van der Waals surface area (Å²) >= 11 is 0. The number of nitrogens with one attached hydrogen (secondary N) is 1. The average Bonchev–Trinajstić information content (AvgIpc) is 3.00. The molecule has 0 bridgehead atoms. The van der Waals surface area contributed by atoms with Crippen molar-refractivity contribution in [2.24, 2.45) is 5.92 Å². The van der Waals surface area contributed by atoms with Gasteiger partial charge >= 0.3 is 0 Å². The van der Waals surface area contributed by atoms with Crippen LogP contribution in [0.5, 0.6) is 0 Å². The number of hydrogen-bond acceptors (Lipinski definition) is 5. The predicted molar refractivity (Wildman–Crippen MR) is 79.6 cm³/mol. The lowest BCUT2D eigenvalue weighted by atomic mass is 10.1. The number of benzene rings is 1. The lowest BCUT2D eigenvalue weighted by molar-refractivity contribution is 0.184. The fourth-order valence-electron chi connectivity index (χ4n) is 2.30. The van der Waals surface area contributed by atoms with Gasteiger partial charge in [0.2, 0.25) is 0 Å². The topological polar surface area (TPSA) is 79.2 Å². The third-order valence-corrected chi connectivity index (χ3v) is 5.38. The molecule has 0 aliphatic carbocycles. The Balaban J connectivity index is 1.74. The second kappa shape index (κ2) is 7.55. The fourth-order valence-corrected chi connectivity index (χ4v) is 3.50. The number of nitrogens with zero attached hydrogens (tertiary/aromatic N) is 1. The lowest BCUT2D eigenvalue weighted by Gasteiger charge is -2.09. The Kier molecular flexibility index (Phi) is 5.74. The van der Waals surface area contributed by atoms with E-state index in [-0.39, 0.29) is 10.6 Å². The standard InChI is InChI=1S/C15H20N2O3S/c16-11-13-1-3-15(4-2-13)21(18,19)10-8-17-7-5-14-6-9-20-12-14/h1-4,14,17H,5-10,12H2. The highest BCUT2D eigenvalue weighted by atomic mass is 32.2. The molecule has 2 rings (SSSR count). The van der Waals surface area contributed by atoms with Gasteiger partial charge in [-0.2, -0.15) is 5.26 Å². The molecule has 1 aliphatic rings. The van der Waals surface area contributed by atoms with Gasteiger partial charge in [0.05, 0.1) is 22.3 Å². The Labute approximate surface area is 125 Å². The Hall–Kier alpha value is -1.42. The summed E-state index contributed by atoms with van der Waals surface area (Å²) in [7, 11) is -3.28. The zero-order chi connectivity index (χ0) is 15.1. The molecule has 0 spiro atoms. The molecular formula is C15H20N2O3S. The molecule has 1 saturated heterocycles. The van der Waals surface area contributed by atoms with E-state index >= 15 is 0 Å². The summed E-state index contributed by atoms with van der Waals surface area (Å²) in [6.07, 6.45) is 2.13. The zero-order valence-electron chi connectivity index (χ0n) is 11.9. The van der Waals surface area contributed by atoms with Crippen molar-refractivity contribution >= 4 is 9.84 Å². The summed E-state index contributed by atoms with van der Waals surface area (Å²) in [6.45, 7) is 2.93. The molecule has 0 saturated carbocycles. The molecule has 5 nitrogen and oxygen atoms in total. The van der Waals surface area contributed by atoms with Gasteiger partial charge in [0.25, 0.3) is 0 Å². The van der Waals surface area contributed by atoms with E-state index in [1.807, 2.05) is 6.07 Å². The number of hydrogen-bond donors (Lipinski definition) is 1. The van der Waals surface area contributed by atoms with E-state index < -0.39 is 9.84 Å². The van der Waals surface area contributed by atoms with Crippen LogP contribution in [-0.4, -0.2) is 40.5 Å². The number of ether oxygens (including phenoxy) is 1. The van der Waals surface area contributed by atoms with Crippen molar-refractivity contribution in [3.05, 3.63) is 29.8 Å². The lowest BCUT2D eigenvalue weighted by Crippen LogP contribution is -2.25. The zero-order valence-corrected chi connectivity index (χ0v) is 12.7. The SMILES string of the molecule is N#Cc1ccc(S(=O)(=O)CCNCCC2CCOC2)cc1. The summed E-state index contributed by atoms with van der Waals surface area (Å²) in [5, 5.41) is 11.9. The van der Waals surface area contributed by atoms with Crippen molar-refractivity contribution in [2.45, 2.75) is 17.7 Å². The molecule has 1 N–H and O–H groups in total. The number of nitriles is 1. The first-order chi connectivity index (χ1) is 10.1. The first-order valence-electron chi connectivity index (χ1n) is 7.13. The normalized spacial score (nSPS) is 18.5. The maximum absolute atomic E-state index is 12.1. The molecule has 21 heavy (non-hydrogen) atoms. The first kappa shape index (κ1) is 16.0. The smallest absolute Gasteiger partial charge is 0.179 e. The van der Waals surface area contributed by atoms with Crippen LogP contribution in [0.15, 0.2) is 29.2 Å². The van der Waals surface area contributed by atoms with Crippen LogP contribution in [-0.2, 0) is 14.6 Å². The van der Waals surface area contributed by atoms with Crippen LogP contribution in [0.4, 0.5) is 0 Å². The van der Waals surface area contributed by atoms with Gasteiger partial charge in [-0.15, -0.1) is 0 Å². The van der Waals surface area contributed by atoms with E-state index in [4.69, 9.17) is 10.00 Å². The van der Waals surface area contributed by atoms with Crippen LogP contribution in [0.2, 0.25) is 0 Å². The highest BCUT2D eigenvalue weighted by molar-refractivity contribution is 7.91. The largest absolute Gasteiger partial charge is 0.381 e. The summed E-state index contributed by atoms with van der Waals surface area (Å²) in [5.41, 5.74) is 0.464. The predicted octanol–water partition coefficient (Wildman–Crippen LogP) is 1.35. The molecule has 6 heteroatoms. The van der Waals surface area contributed by atoms with E-state index in [0.717, 1.165) is 32.6 Å². The molecule has 1 unspecified atom stereocenters. The van der Waals surface area contributed by atoms with Crippen LogP contribution < -0.4 is 5.32 Å². The van der Waals surface area contributed by atoms with Gasteiger partial charge in [-0.1, -0.05) is 0 Å². The quantitative estimate of drug-likeness (QED) is 0.769. The van der Waals surface area contributed by atoms with Crippen molar-refractivity contribution in [1.82, 2.24) is 5.32 Å². The fraction of sp³-hybridized carbons (Fsp3) is 0.533. The van der Waals surface area contributed by atoms with Gasteiger partial charge in [-0.3, -0.25) is 0 Å². The molecule has 0 amide bonds. The van der Waals surface area contributed by atoms with Gasteiger partial charge < -0.3 is 10.1 Å². The molecular weight excluding hydrogens is 288 g/mol. The van der Waals surface area contributed by atoms with Crippen LogP contribution in [0.25, 0.3) is 0 Å². The van der Waals surface area contributed by atoms with Crippen LogP contribution in [0.1, 0.15) is 18.4 Å². The van der Waals surface area contributed by atoms with Crippen LogP contribution in [0, 0.1) is 17.2 Å². The Morgan fingerprint density at radius 1 is 1.29 bits per heavy atom. The van der Waals surface area contributed by atoms with Crippen molar-refractivity contribution in [3.8, 4) is 6.07 Å². The molecule has 1 aromatic rings.